The maximum absolute atomic E-state index is 6.53. The van der Waals surface area contributed by atoms with Crippen LogP contribution in [-0.2, 0) is 5.41 Å². The Balaban J connectivity index is 1.15. The maximum Gasteiger partial charge on any atom is 0.235 e. The van der Waals surface area contributed by atoms with Crippen LogP contribution in [0.1, 0.15) is 25.0 Å². The Labute approximate surface area is 319 Å². The highest BCUT2D eigenvalue weighted by Gasteiger charge is 2.36. The van der Waals surface area contributed by atoms with E-state index in [9.17, 15) is 0 Å². The van der Waals surface area contributed by atoms with E-state index in [2.05, 4.69) is 195 Å². The molecular weight excluding hydrogens is 671 g/mol. The molecule has 0 amide bonds. The van der Waals surface area contributed by atoms with Crippen molar-refractivity contribution in [2.75, 3.05) is 4.90 Å². The van der Waals surface area contributed by atoms with Gasteiger partial charge < -0.3 is 4.42 Å². The smallest absolute Gasteiger partial charge is 0.235 e. The summed E-state index contributed by atoms with van der Waals surface area (Å²) in [5, 5.41) is 5.43. The van der Waals surface area contributed by atoms with E-state index >= 15 is 0 Å². The zero-order chi connectivity index (χ0) is 36.7. The third-order valence-corrected chi connectivity index (χ3v) is 11.5. The van der Waals surface area contributed by atoms with E-state index in [4.69, 9.17) is 14.4 Å². The van der Waals surface area contributed by atoms with Crippen LogP contribution in [0.25, 0.3) is 77.1 Å². The van der Waals surface area contributed by atoms with Crippen molar-refractivity contribution in [3.63, 3.8) is 0 Å². The third-order valence-electron chi connectivity index (χ3n) is 11.5. The van der Waals surface area contributed by atoms with E-state index < -0.39 is 0 Å². The van der Waals surface area contributed by atoms with Gasteiger partial charge in [0.2, 0.25) is 5.95 Å². The molecule has 2 heterocycles. The summed E-state index contributed by atoms with van der Waals surface area (Å²) in [6.45, 7) is 4.65. The van der Waals surface area contributed by atoms with Crippen molar-refractivity contribution >= 4 is 60.9 Å². The summed E-state index contributed by atoms with van der Waals surface area (Å²) in [6, 6.07) is 62.3. The predicted molar refractivity (Wildman–Crippen MR) is 227 cm³/mol. The molecule has 0 N–H and O–H groups in total. The quantitative estimate of drug-likeness (QED) is 0.179. The summed E-state index contributed by atoms with van der Waals surface area (Å²) >= 11 is 0. The topological polar surface area (TPSA) is 42.2 Å². The summed E-state index contributed by atoms with van der Waals surface area (Å²) in [7, 11) is 0. The monoisotopic (exact) mass is 705 g/mol. The number of fused-ring (bicyclic) bond motifs is 8. The first kappa shape index (κ1) is 31.5. The van der Waals surface area contributed by atoms with Gasteiger partial charge in [-0.2, -0.15) is 0 Å². The minimum absolute atomic E-state index is 0.164. The first-order valence-electron chi connectivity index (χ1n) is 18.8. The number of hydrogen-bond acceptors (Lipinski definition) is 4. The zero-order valence-electron chi connectivity index (χ0n) is 30.5. The van der Waals surface area contributed by atoms with Crippen LogP contribution in [0.4, 0.5) is 17.3 Å². The molecule has 0 unspecified atom stereocenters. The second kappa shape index (κ2) is 12.0. The second-order valence-corrected chi connectivity index (χ2v) is 15.0. The molecule has 0 saturated heterocycles. The zero-order valence-corrected chi connectivity index (χ0v) is 30.5. The van der Waals surface area contributed by atoms with Crippen LogP contribution in [0, 0.1) is 0 Å². The lowest BCUT2D eigenvalue weighted by Crippen LogP contribution is -2.17. The molecule has 0 bridgehead atoms. The highest BCUT2D eigenvalue weighted by atomic mass is 16.3. The fourth-order valence-electron chi connectivity index (χ4n) is 8.72. The largest absolute Gasteiger partial charge is 0.456 e. The molecule has 8 aromatic carbocycles. The summed E-state index contributed by atoms with van der Waals surface area (Å²) in [4.78, 5) is 13.1. The van der Waals surface area contributed by atoms with Crippen molar-refractivity contribution in [1.82, 2.24) is 9.97 Å². The predicted octanol–water partition coefficient (Wildman–Crippen LogP) is 13.8. The van der Waals surface area contributed by atoms with Gasteiger partial charge in [0, 0.05) is 38.5 Å². The average molecular weight is 706 g/mol. The van der Waals surface area contributed by atoms with E-state index in [-0.39, 0.29) is 5.41 Å². The van der Waals surface area contributed by atoms with Crippen LogP contribution in [0.3, 0.4) is 0 Å². The first-order chi connectivity index (χ1) is 27.0. The van der Waals surface area contributed by atoms with E-state index in [0.717, 1.165) is 66.4 Å². The molecule has 4 heteroatoms. The molecule has 0 atom stereocenters. The highest BCUT2D eigenvalue weighted by molar-refractivity contribution is 6.17. The maximum atomic E-state index is 6.53. The fourth-order valence-corrected chi connectivity index (χ4v) is 8.72. The summed E-state index contributed by atoms with van der Waals surface area (Å²) in [5.41, 5.74) is 13.8. The third kappa shape index (κ3) is 4.92. The molecule has 0 spiro atoms. The summed E-state index contributed by atoms with van der Waals surface area (Å²) < 4.78 is 6.53. The van der Waals surface area contributed by atoms with Gasteiger partial charge in [0.25, 0.3) is 0 Å². The molecule has 1 aliphatic carbocycles. The van der Waals surface area contributed by atoms with Crippen LogP contribution in [0.5, 0.6) is 0 Å². The van der Waals surface area contributed by atoms with Gasteiger partial charge in [-0.25, -0.2) is 9.97 Å². The molecule has 4 nitrogen and oxygen atoms in total. The van der Waals surface area contributed by atoms with E-state index in [1.165, 1.54) is 33.2 Å². The van der Waals surface area contributed by atoms with Gasteiger partial charge >= 0.3 is 0 Å². The highest BCUT2D eigenvalue weighted by Crippen LogP contribution is 2.51. The normalized spacial score (nSPS) is 13.1. The Morgan fingerprint density at radius 1 is 0.473 bits per heavy atom. The molecule has 0 fully saturated rings. The summed E-state index contributed by atoms with van der Waals surface area (Å²) in [6.07, 6.45) is 0. The lowest BCUT2D eigenvalue weighted by Gasteiger charge is -2.27. The van der Waals surface area contributed by atoms with Gasteiger partial charge in [0.1, 0.15) is 11.2 Å². The number of para-hydroxylation sites is 1. The van der Waals surface area contributed by atoms with Crippen molar-refractivity contribution in [3.8, 4) is 33.5 Å². The Kier molecular flexibility index (Phi) is 6.86. The van der Waals surface area contributed by atoms with Crippen molar-refractivity contribution in [2.24, 2.45) is 0 Å². The van der Waals surface area contributed by atoms with Crippen molar-refractivity contribution < 1.29 is 4.42 Å². The second-order valence-electron chi connectivity index (χ2n) is 15.0. The minimum Gasteiger partial charge on any atom is -0.456 e. The molecule has 55 heavy (non-hydrogen) atoms. The van der Waals surface area contributed by atoms with E-state index in [0.29, 0.717) is 5.95 Å². The number of hydrogen-bond donors (Lipinski definition) is 0. The first-order valence-corrected chi connectivity index (χ1v) is 18.8. The van der Waals surface area contributed by atoms with Crippen LogP contribution >= 0.6 is 0 Å². The van der Waals surface area contributed by atoms with Crippen LogP contribution < -0.4 is 4.90 Å². The van der Waals surface area contributed by atoms with Gasteiger partial charge in [-0.1, -0.05) is 141 Å². The lowest BCUT2D eigenvalue weighted by molar-refractivity contribution is 0.660. The number of furan rings is 1. The van der Waals surface area contributed by atoms with Crippen LogP contribution in [0.2, 0.25) is 0 Å². The number of nitrogens with zero attached hydrogens (tertiary/aromatic N) is 3. The van der Waals surface area contributed by atoms with Crippen molar-refractivity contribution in [3.05, 3.63) is 187 Å². The fraction of sp³-hybridized carbons (Fsp3) is 0.0588. The lowest BCUT2D eigenvalue weighted by atomic mass is 9.82. The molecule has 2 aromatic heterocycles. The van der Waals surface area contributed by atoms with Crippen molar-refractivity contribution in [2.45, 2.75) is 19.3 Å². The van der Waals surface area contributed by atoms with Gasteiger partial charge in [0.05, 0.1) is 11.2 Å². The van der Waals surface area contributed by atoms with Crippen LogP contribution in [-0.4, -0.2) is 9.97 Å². The number of benzene rings is 8. The molecular formula is C51H35N3O. The van der Waals surface area contributed by atoms with Gasteiger partial charge in [-0.05, 0) is 92.7 Å². The SMILES string of the molecule is CC1(C)c2ccccc2-c2ccc(N(c3ccc(-c4ccccc4)cc3)c3nc(-c4cccc5oc6cc7ccccc7cc6c45)c4ccccc4n3)cc21. The Bertz CT molecular complexity index is 3120. The Hall–Kier alpha value is -7.04. The van der Waals surface area contributed by atoms with E-state index in [1.54, 1.807) is 0 Å². The Morgan fingerprint density at radius 2 is 1.15 bits per heavy atom. The Morgan fingerprint density at radius 3 is 2.00 bits per heavy atom. The molecule has 1 aliphatic rings. The summed E-state index contributed by atoms with van der Waals surface area (Å²) in [5.74, 6) is 0.602. The number of aromatic nitrogens is 2. The van der Waals surface area contributed by atoms with Gasteiger partial charge in [-0.3, -0.25) is 4.90 Å². The standard InChI is InChI=1S/C51H35N3O/c1-51(2)43-20-10-8-17-38(43)39-28-27-37(31-44(39)51)54(36-25-23-33(24-26-36)32-13-4-3-5-14-32)50-52-45-21-11-9-18-40(45)49(53-50)41-19-12-22-46-48(41)42-29-34-15-6-7-16-35(34)30-47(42)55-46/h3-31H,1-2H3. The van der Waals surface area contributed by atoms with Gasteiger partial charge in [-0.15, -0.1) is 0 Å². The molecule has 10 aromatic rings. The van der Waals surface area contributed by atoms with Crippen molar-refractivity contribution in [1.29, 1.82) is 0 Å². The number of anilines is 3. The molecule has 260 valence electrons. The number of rotatable bonds is 5. The van der Waals surface area contributed by atoms with E-state index in [1.807, 2.05) is 0 Å². The molecule has 0 saturated carbocycles. The van der Waals surface area contributed by atoms with Gasteiger partial charge in [0.15, 0.2) is 0 Å². The molecule has 11 rings (SSSR count). The minimum atomic E-state index is -0.164. The molecule has 0 aliphatic heterocycles. The average Bonchev–Trinajstić information content (AvgIpc) is 3.71. The van der Waals surface area contributed by atoms with Crippen LogP contribution in [0.15, 0.2) is 180 Å². The molecule has 0 radical (unpaired) electrons.